The van der Waals surface area contributed by atoms with Crippen molar-refractivity contribution in [3.05, 3.63) is 22.4 Å². The van der Waals surface area contributed by atoms with Crippen molar-refractivity contribution in [1.29, 1.82) is 0 Å². The third-order valence-corrected chi connectivity index (χ3v) is 5.08. The third kappa shape index (κ3) is 8.67. The van der Waals surface area contributed by atoms with Crippen LogP contribution in [0.2, 0.25) is 0 Å². The lowest BCUT2D eigenvalue weighted by molar-refractivity contribution is 0.334. The van der Waals surface area contributed by atoms with Gasteiger partial charge in [-0.05, 0) is 69.6 Å². The Morgan fingerprint density at radius 2 is 2.12 bits per heavy atom. The van der Waals surface area contributed by atoms with E-state index in [1.165, 1.54) is 43.8 Å². The van der Waals surface area contributed by atoms with E-state index in [4.69, 9.17) is 4.99 Å². The summed E-state index contributed by atoms with van der Waals surface area (Å²) in [5.41, 5.74) is 0. The molecule has 2 rings (SSSR count). The fourth-order valence-electron chi connectivity index (χ4n) is 2.94. The van der Waals surface area contributed by atoms with Crippen molar-refractivity contribution in [2.75, 3.05) is 39.3 Å². The molecule has 1 unspecified atom stereocenters. The topological polar surface area (TPSA) is 39.7 Å². The summed E-state index contributed by atoms with van der Waals surface area (Å²) in [5, 5.41) is 8.98. The maximum atomic E-state index is 4.75. The van der Waals surface area contributed by atoms with Crippen LogP contribution < -0.4 is 10.6 Å². The largest absolute Gasteiger partial charge is 0.357 e. The summed E-state index contributed by atoms with van der Waals surface area (Å²) >= 11 is 1.84. The number of halogens is 1. The average molecular weight is 464 g/mol. The highest BCUT2D eigenvalue weighted by atomic mass is 127. The second-order valence-corrected chi connectivity index (χ2v) is 7.47. The van der Waals surface area contributed by atoms with E-state index in [0.717, 1.165) is 32.0 Å². The maximum absolute atomic E-state index is 4.75. The predicted molar refractivity (Wildman–Crippen MR) is 117 cm³/mol. The molecule has 1 fully saturated rings. The van der Waals surface area contributed by atoms with Gasteiger partial charge in [-0.15, -0.1) is 35.3 Å². The molecule has 2 N–H and O–H groups in total. The Kier molecular flexibility index (Phi) is 11.7. The van der Waals surface area contributed by atoms with E-state index < -0.39 is 0 Å². The monoisotopic (exact) mass is 464 g/mol. The van der Waals surface area contributed by atoms with E-state index in [1.54, 1.807) is 0 Å². The second kappa shape index (κ2) is 12.9. The zero-order valence-corrected chi connectivity index (χ0v) is 18.2. The van der Waals surface area contributed by atoms with Crippen molar-refractivity contribution in [3.8, 4) is 0 Å². The van der Waals surface area contributed by atoms with Gasteiger partial charge in [0.2, 0.25) is 0 Å². The van der Waals surface area contributed by atoms with Crippen LogP contribution in [0.25, 0.3) is 0 Å². The van der Waals surface area contributed by atoms with Crippen LogP contribution in [0.4, 0.5) is 0 Å². The number of nitrogens with one attached hydrogen (secondary N) is 2. The van der Waals surface area contributed by atoms with E-state index in [2.05, 4.69) is 46.9 Å². The molecule has 0 bridgehead atoms. The first-order chi connectivity index (χ1) is 11.3. The molecule has 6 heteroatoms. The quantitative estimate of drug-likeness (QED) is 0.254. The average Bonchev–Trinajstić information content (AvgIpc) is 3.22. The molecule has 0 amide bonds. The van der Waals surface area contributed by atoms with Crippen molar-refractivity contribution < 1.29 is 0 Å². The smallest absolute Gasteiger partial charge is 0.191 e. The number of hydrogen-bond donors (Lipinski definition) is 2. The van der Waals surface area contributed by atoms with Crippen LogP contribution in [-0.2, 0) is 6.42 Å². The summed E-state index contributed by atoms with van der Waals surface area (Å²) in [6.07, 6.45) is 5.06. The van der Waals surface area contributed by atoms with Crippen molar-refractivity contribution in [2.45, 2.75) is 39.5 Å². The van der Waals surface area contributed by atoms with E-state index >= 15 is 0 Å². The van der Waals surface area contributed by atoms with Gasteiger partial charge in [-0.25, -0.2) is 0 Å². The highest BCUT2D eigenvalue weighted by Gasteiger charge is 2.10. The first-order valence-electron chi connectivity index (χ1n) is 9.05. The first kappa shape index (κ1) is 21.7. The van der Waals surface area contributed by atoms with Crippen LogP contribution in [0.5, 0.6) is 0 Å². The minimum Gasteiger partial charge on any atom is -0.357 e. The van der Waals surface area contributed by atoms with Crippen molar-refractivity contribution in [3.63, 3.8) is 0 Å². The normalized spacial score (nSPS) is 16.7. The van der Waals surface area contributed by atoms with Crippen LogP contribution >= 0.6 is 35.3 Å². The van der Waals surface area contributed by atoms with Gasteiger partial charge in [-0.2, -0.15) is 0 Å². The molecule has 24 heavy (non-hydrogen) atoms. The zero-order chi connectivity index (χ0) is 16.3. The number of thiophene rings is 1. The standard InChI is InChI=1S/C18H32N4S.HI/c1-3-19-18(20-9-7-12-22-10-4-5-11-22)21-15-16(2)14-17-8-6-13-23-17;/h6,8,13,16H,3-5,7,9-12,14-15H2,1-2H3,(H2,19,20,21);1H. The van der Waals surface area contributed by atoms with Gasteiger partial charge in [0.05, 0.1) is 0 Å². The maximum Gasteiger partial charge on any atom is 0.191 e. The lowest BCUT2D eigenvalue weighted by Crippen LogP contribution is -2.39. The Bertz CT molecular complexity index is 444. The number of guanidine groups is 1. The summed E-state index contributed by atoms with van der Waals surface area (Å²) in [6, 6.07) is 4.34. The van der Waals surface area contributed by atoms with Gasteiger partial charge in [0.25, 0.3) is 0 Å². The number of nitrogens with zero attached hydrogens (tertiary/aromatic N) is 2. The van der Waals surface area contributed by atoms with E-state index in [0.29, 0.717) is 5.92 Å². The van der Waals surface area contributed by atoms with E-state index in [9.17, 15) is 0 Å². The molecule has 1 aliphatic rings. The summed E-state index contributed by atoms with van der Waals surface area (Å²) in [7, 11) is 0. The summed E-state index contributed by atoms with van der Waals surface area (Å²) in [4.78, 5) is 8.77. The lowest BCUT2D eigenvalue weighted by atomic mass is 10.1. The Morgan fingerprint density at radius 1 is 1.33 bits per heavy atom. The van der Waals surface area contributed by atoms with Gasteiger partial charge in [0.15, 0.2) is 5.96 Å². The first-order valence-corrected chi connectivity index (χ1v) is 9.92. The molecule has 138 valence electrons. The second-order valence-electron chi connectivity index (χ2n) is 6.44. The molecule has 0 spiro atoms. The number of aliphatic imine (C=N–C) groups is 1. The highest BCUT2D eigenvalue weighted by Crippen LogP contribution is 2.14. The molecule has 1 aromatic heterocycles. The van der Waals surface area contributed by atoms with Crippen LogP contribution in [0.3, 0.4) is 0 Å². The highest BCUT2D eigenvalue weighted by molar-refractivity contribution is 14.0. The minimum absolute atomic E-state index is 0. The van der Waals surface area contributed by atoms with Gasteiger partial charge in [-0.3, -0.25) is 4.99 Å². The van der Waals surface area contributed by atoms with Gasteiger partial charge in [-0.1, -0.05) is 13.0 Å². The molecule has 1 aliphatic heterocycles. The van der Waals surface area contributed by atoms with Crippen molar-refractivity contribution in [1.82, 2.24) is 15.5 Å². The predicted octanol–water partition coefficient (Wildman–Crippen LogP) is 3.59. The Labute approximate surface area is 168 Å². The van der Waals surface area contributed by atoms with Gasteiger partial charge < -0.3 is 15.5 Å². The molecular formula is C18H33IN4S. The number of likely N-dealkylation sites (tertiary alicyclic amines) is 1. The molecule has 0 aromatic carbocycles. The van der Waals surface area contributed by atoms with Crippen LogP contribution in [-0.4, -0.2) is 50.1 Å². The van der Waals surface area contributed by atoms with E-state index in [-0.39, 0.29) is 24.0 Å². The van der Waals surface area contributed by atoms with Crippen LogP contribution in [0.15, 0.2) is 22.5 Å². The van der Waals surface area contributed by atoms with Crippen molar-refractivity contribution >= 4 is 41.3 Å². The molecule has 4 nitrogen and oxygen atoms in total. The minimum atomic E-state index is 0. The van der Waals surface area contributed by atoms with Crippen molar-refractivity contribution in [2.24, 2.45) is 10.9 Å². The fraction of sp³-hybridized carbons (Fsp3) is 0.722. The zero-order valence-electron chi connectivity index (χ0n) is 15.1. The Balaban J connectivity index is 0.00000288. The van der Waals surface area contributed by atoms with Gasteiger partial charge >= 0.3 is 0 Å². The number of hydrogen-bond acceptors (Lipinski definition) is 3. The molecule has 0 radical (unpaired) electrons. The van der Waals surface area contributed by atoms with E-state index in [1.807, 2.05) is 11.3 Å². The SMILES string of the molecule is CCNC(=NCC(C)Cc1cccs1)NCCCN1CCCC1.I. The molecule has 1 atom stereocenters. The molecular weight excluding hydrogens is 431 g/mol. The summed E-state index contributed by atoms with van der Waals surface area (Å²) < 4.78 is 0. The summed E-state index contributed by atoms with van der Waals surface area (Å²) in [6.45, 7) is 11.0. The molecule has 1 aromatic rings. The van der Waals surface area contributed by atoms with Gasteiger partial charge in [0.1, 0.15) is 0 Å². The lowest BCUT2D eigenvalue weighted by Gasteiger charge is -2.16. The third-order valence-electron chi connectivity index (χ3n) is 4.18. The van der Waals surface area contributed by atoms with Gasteiger partial charge in [0, 0.05) is 24.5 Å². The molecule has 2 heterocycles. The number of rotatable bonds is 9. The Hall–Kier alpha value is -0.340. The summed E-state index contributed by atoms with van der Waals surface area (Å²) in [5.74, 6) is 1.54. The Morgan fingerprint density at radius 3 is 2.79 bits per heavy atom. The molecule has 0 saturated carbocycles. The molecule has 1 saturated heterocycles. The van der Waals surface area contributed by atoms with Crippen LogP contribution in [0.1, 0.15) is 38.0 Å². The fourth-order valence-corrected chi connectivity index (χ4v) is 3.81. The van der Waals surface area contributed by atoms with Crippen LogP contribution in [0, 0.1) is 5.92 Å². The molecule has 0 aliphatic carbocycles.